The fourth-order valence-corrected chi connectivity index (χ4v) is 1.56. The number of hydrogen-bond donors (Lipinski definition) is 1. The molecule has 1 heterocycles. The molecule has 0 spiro atoms. The molecule has 0 bridgehead atoms. The van der Waals surface area contributed by atoms with Gasteiger partial charge in [-0.15, -0.1) is 5.10 Å². The minimum atomic E-state index is 0.323. The molecule has 1 N–H and O–H groups in total. The van der Waals surface area contributed by atoms with E-state index in [0.29, 0.717) is 18.1 Å². The monoisotopic (exact) mass is 246 g/mol. The first kappa shape index (κ1) is 12.1. The van der Waals surface area contributed by atoms with E-state index in [1.807, 2.05) is 24.3 Å². The Hall–Kier alpha value is -2.37. The van der Waals surface area contributed by atoms with Crippen LogP contribution < -0.4 is 4.74 Å². The quantitative estimate of drug-likeness (QED) is 0.505. The van der Waals surface area contributed by atoms with Gasteiger partial charge in [0.25, 0.3) is 0 Å². The molecule has 0 aliphatic rings. The number of para-hydroxylation sites is 1. The molecule has 0 fully saturated rings. The summed E-state index contributed by atoms with van der Waals surface area (Å²) in [6, 6.07) is 7.38. The van der Waals surface area contributed by atoms with Gasteiger partial charge < -0.3 is 9.94 Å². The van der Waals surface area contributed by atoms with Crippen molar-refractivity contribution in [2.24, 2.45) is 12.2 Å². The zero-order valence-corrected chi connectivity index (χ0v) is 10.2. The van der Waals surface area contributed by atoms with Crippen LogP contribution in [0, 0.1) is 0 Å². The Bertz CT molecular complexity index is 563. The molecule has 6 nitrogen and oxygen atoms in total. The number of aryl methyl sites for hydroxylation is 1. The van der Waals surface area contributed by atoms with Crippen molar-refractivity contribution in [2.45, 2.75) is 13.5 Å². The third-order valence-electron chi connectivity index (χ3n) is 2.45. The number of aromatic nitrogens is 3. The van der Waals surface area contributed by atoms with E-state index in [1.54, 1.807) is 24.9 Å². The minimum Gasteiger partial charge on any atom is -0.486 e. The van der Waals surface area contributed by atoms with E-state index in [4.69, 9.17) is 9.94 Å². The van der Waals surface area contributed by atoms with Crippen LogP contribution in [0.1, 0.15) is 18.2 Å². The summed E-state index contributed by atoms with van der Waals surface area (Å²) >= 11 is 0. The summed E-state index contributed by atoms with van der Waals surface area (Å²) < 4.78 is 7.27. The van der Waals surface area contributed by atoms with Crippen molar-refractivity contribution in [3.05, 3.63) is 41.7 Å². The van der Waals surface area contributed by atoms with E-state index in [9.17, 15) is 0 Å². The molecule has 0 saturated heterocycles. The summed E-state index contributed by atoms with van der Waals surface area (Å²) in [5.41, 5.74) is 2.00. The van der Waals surface area contributed by atoms with Crippen molar-refractivity contribution in [1.82, 2.24) is 15.0 Å². The van der Waals surface area contributed by atoms with Crippen LogP contribution in [0.3, 0.4) is 0 Å². The van der Waals surface area contributed by atoms with Crippen LogP contribution >= 0.6 is 0 Å². The van der Waals surface area contributed by atoms with Gasteiger partial charge in [-0.05, 0) is 19.1 Å². The van der Waals surface area contributed by atoms with Crippen molar-refractivity contribution in [3.63, 3.8) is 0 Å². The van der Waals surface area contributed by atoms with Gasteiger partial charge in [0.1, 0.15) is 18.1 Å². The van der Waals surface area contributed by atoms with Crippen molar-refractivity contribution in [3.8, 4) is 5.75 Å². The Labute approximate surface area is 105 Å². The van der Waals surface area contributed by atoms with Crippen LogP contribution in [0.5, 0.6) is 5.75 Å². The van der Waals surface area contributed by atoms with Gasteiger partial charge in [-0.1, -0.05) is 22.5 Å². The Morgan fingerprint density at radius 2 is 2.22 bits per heavy atom. The number of ether oxygens (including phenoxy) is 1. The molecule has 0 aliphatic carbocycles. The van der Waals surface area contributed by atoms with Crippen molar-refractivity contribution in [1.29, 1.82) is 0 Å². The zero-order chi connectivity index (χ0) is 13.0. The molecule has 0 amide bonds. The van der Waals surface area contributed by atoms with E-state index in [2.05, 4.69) is 15.5 Å². The van der Waals surface area contributed by atoms with Crippen molar-refractivity contribution in [2.75, 3.05) is 0 Å². The lowest BCUT2D eigenvalue weighted by Gasteiger charge is -2.08. The van der Waals surface area contributed by atoms with Crippen LogP contribution in [0.2, 0.25) is 0 Å². The largest absolute Gasteiger partial charge is 0.486 e. The summed E-state index contributed by atoms with van der Waals surface area (Å²) in [6.07, 6.45) is 1.79. The second-order valence-electron chi connectivity index (χ2n) is 3.85. The summed E-state index contributed by atoms with van der Waals surface area (Å²) in [5, 5.41) is 19.8. The fraction of sp³-hybridized carbons (Fsp3) is 0.250. The van der Waals surface area contributed by atoms with Crippen LogP contribution in [0.25, 0.3) is 0 Å². The highest BCUT2D eigenvalue weighted by Gasteiger charge is 2.07. The van der Waals surface area contributed by atoms with Gasteiger partial charge in [0.2, 0.25) is 0 Å². The molecule has 2 rings (SSSR count). The van der Waals surface area contributed by atoms with E-state index >= 15 is 0 Å². The third-order valence-corrected chi connectivity index (χ3v) is 2.45. The highest BCUT2D eigenvalue weighted by molar-refractivity contribution is 6.00. The van der Waals surface area contributed by atoms with Crippen LogP contribution in [0.4, 0.5) is 0 Å². The first-order valence-corrected chi connectivity index (χ1v) is 5.47. The third kappa shape index (κ3) is 2.65. The number of hydrogen-bond acceptors (Lipinski definition) is 5. The Morgan fingerprint density at radius 3 is 2.89 bits per heavy atom. The first-order valence-electron chi connectivity index (χ1n) is 5.47. The zero-order valence-electron chi connectivity index (χ0n) is 10.2. The number of benzene rings is 1. The minimum absolute atomic E-state index is 0.323. The molecule has 6 heteroatoms. The molecular formula is C12H14N4O2. The highest BCUT2D eigenvalue weighted by atomic mass is 16.5. The van der Waals surface area contributed by atoms with Gasteiger partial charge in [0.15, 0.2) is 0 Å². The van der Waals surface area contributed by atoms with Crippen molar-refractivity contribution < 1.29 is 9.94 Å². The predicted octanol–water partition coefficient (Wildman–Crippen LogP) is 1.59. The van der Waals surface area contributed by atoms with E-state index in [0.717, 1.165) is 11.3 Å². The molecule has 2 aromatic rings. The SMILES string of the molecule is C/C(=N/O)c1ccccc1OCc1cn(C)nn1. The molecule has 0 atom stereocenters. The molecule has 0 unspecified atom stereocenters. The maximum absolute atomic E-state index is 8.81. The molecular weight excluding hydrogens is 232 g/mol. The van der Waals surface area contributed by atoms with Gasteiger partial charge in [0.05, 0.1) is 11.9 Å². The summed E-state index contributed by atoms with van der Waals surface area (Å²) in [5.74, 6) is 0.651. The molecule has 94 valence electrons. The van der Waals surface area contributed by atoms with E-state index in [-0.39, 0.29) is 0 Å². The Morgan fingerprint density at radius 1 is 1.44 bits per heavy atom. The van der Waals surface area contributed by atoms with Crippen LogP contribution in [0.15, 0.2) is 35.6 Å². The molecule has 0 saturated carbocycles. The number of nitrogens with zero attached hydrogens (tertiary/aromatic N) is 4. The predicted molar refractivity (Wildman–Crippen MR) is 65.8 cm³/mol. The second-order valence-corrected chi connectivity index (χ2v) is 3.85. The lowest BCUT2D eigenvalue weighted by molar-refractivity contribution is 0.299. The first-order chi connectivity index (χ1) is 8.70. The molecule has 1 aromatic carbocycles. The maximum atomic E-state index is 8.81. The highest BCUT2D eigenvalue weighted by Crippen LogP contribution is 2.19. The summed E-state index contributed by atoms with van der Waals surface area (Å²) in [6.45, 7) is 2.04. The molecule has 18 heavy (non-hydrogen) atoms. The smallest absolute Gasteiger partial charge is 0.134 e. The average Bonchev–Trinajstić information content (AvgIpc) is 2.81. The summed E-state index contributed by atoms with van der Waals surface area (Å²) in [4.78, 5) is 0. The Balaban J connectivity index is 2.14. The normalized spacial score (nSPS) is 11.6. The Kier molecular flexibility index (Phi) is 3.57. The molecule has 0 aliphatic heterocycles. The van der Waals surface area contributed by atoms with Gasteiger partial charge >= 0.3 is 0 Å². The van der Waals surface area contributed by atoms with E-state index < -0.39 is 0 Å². The standard InChI is InChI=1S/C12H14N4O2/c1-9(14-17)11-5-3-4-6-12(11)18-8-10-7-16(2)15-13-10/h3-7,17H,8H2,1-2H3/b14-9-. The van der Waals surface area contributed by atoms with Gasteiger partial charge in [-0.3, -0.25) is 4.68 Å². The maximum Gasteiger partial charge on any atom is 0.134 e. The van der Waals surface area contributed by atoms with Crippen LogP contribution in [-0.4, -0.2) is 25.9 Å². The lowest BCUT2D eigenvalue weighted by atomic mass is 10.1. The lowest BCUT2D eigenvalue weighted by Crippen LogP contribution is -2.02. The van der Waals surface area contributed by atoms with Gasteiger partial charge in [-0.2, -0.15) is 0 Å². The average molecular weight is 246 g/mol. The number of rotatable bonds is 4. The molecule has 0 radical (unpaired) electrons. The van der Waals surface area contributed by atoms with E-state index in [1.165, 1.54) is 0 Å². The van der Waals surface area contributed by atoms with Gasteiger partial charge in [0, 0.05) is 12.6 Å². The molecule has 1 aromatic heterocycles. The fourth-order valence-electron chi connectivity index (χ4n) is 1.56. The topological polar surface area (TPSA) is 72.5 Å². The number of oxime groups is 1. The van der Waals surface area contributed by atoms with Gasteiger partial charge in [-0.25, -0.2) is 0 Å². The summed E-state index contributed by atoms with van der Waals surface area (Å²) in [7, 11) is 1.80. The van der Waals surface area contributed by atoms with Crippen LogP contribution in [-0.2, 0) is 13.7 Å². The second kappa shape index (κ2) is 5.31. The van der Waals surface area contributed by atoms with Crippen molar-refractivity contribution >= 4 is 5.71 Å².